The Labute approximate surface area is 148 Å². The molecule has 25 heavy (non-hydrogen) atoms. The molecule has 3 rings (SSSR count). The molecule has 4 nitrogen and oxygen atoms in total. The molecule has 134 valence electrons. The minimum Gasteiger partial charge on any atom is -0.493 e. The molecule has 0 aliphatic carbocycles. The van der Waals surface area contributed by atoms with Gasteiger partial charge in [0.2, 0.25) is 5.75 Å². The first-order chi connectivity index (χ1) is 12.2. The number of hydrogen-bond donors (Lipinski definition) is 0. The van der Waals surface area contributed by atoms with Crippen LogP contribution >= 0.6 is 0 Å². The Morgan fingerprint density at radius 1 is 1.04 bits per heavy atom. The maximum atomic E-state index is 13.6. The summed E-state index contributed by atoms with van der Waals surface area (Å²) in [6.07, 6.45) is 2.14. The van der Waals surface area contributed by atoms with E-state index in [2.05, 4.69) is 4.90 Å². The molecule has 0 saturated carbocycles. The Kier molecular flexibility index (Phi) is 5.43. The van der Waals surface area contributed by atoms with E-state index >= 15 is 0 Å². The molecule has 0 unspecified atom stereocenters. The summed E-state index contributed by atoms with van der Waals surface area (Å²) in [5.74, 6) is 1.71. The second kappa shape index (κ2) is 7.74. The van der Waals surface area contributed by atoms with Gasteiger partial charge in [-0.25, -0.2) is 4.39 Å². The van der Waals surface area contributed by atoms with Crippen LogP contribution in [0.25, 0.3) is 0 Å². The third-order valence-electron chi connectivity index (χ3n) is 4.71. The van der Waals surface area contributed by atoms with Crippen molar-refractivity contribution in [3.8, 4) is 17.2 Å². The molecule has 0 radical (unpaired) electrons. The van der Waals surface area contributed by atoms with Gasteiger partial charge < -0.3 is 14.2 Å². The van der Waals surface area contributed by atoms with Gasteiger partial charge in [0, 0.05) is 12.6 Å². The lowest BCUT2D eigenvalue weighted by Crippen LogP contribution is -2.23. The molecule has 1 aliphatic rings. The first-order valence-electron chi connectivity index (χ1n) is 8.44. The number of ether oxygens (including phenoxy) is 3. The van der Waals surface area contributed by atoms with Crippen LogP contribution in [-0.2, 0) is 6.54 Å². The number of halogens is 1. The Bertz CT molecular complexity index is 710. The van der Waals surface area contributed by atoms with E-state index in [9.17, 15) is 4.39 Å². The van der Waals surface area contributed by atoms with E-state index in [0.29, 0.717) is 17.2 Å². The summed E-state index contributed by atoms with van der Waals surface area (Å²) >= 11 is 0. The van der Waals surface area contributed by atoms with Crippen molar-refractivity contribution in [3.05, 3.63) is 53.3 Å². The Balaban J connectivity index is 1.86. The van der Waals surface area contributed by atoms with Gasteiger partial charge in [0.1, 0.15) is 5.82 Å². The molecular formula is C20H24FNO3. The van der Waals surface area contributed by atoms with Crippen molar-refractivity contribution in [2.75, 3.05) is 27.9 Å². The summed E-state index contributed by atoms with van der Waals surface area (Å²) in [7, 11) is 4.83. The van der Waals surface area contributed by atoms with Crippen molar-refractivity contribution in [2.45, 2.75) is 25.4 Å². The fourth-order valence-electron chi connectivity index (χ4n) is 3.57. The largest absolute Gasteiger partial charge is 0.493 e. The molecule has 1 atom stereocenters. The molecule has 2 aromatic carbocycles. The molecule has 5 heteroatoms. The van der Waals surface area contributed by atoms with E-state index in [-0.39, 0.29) is 11.9 Å². The molecule has 1 fully saturated rings. The smallest absolute Gasteiger partial charge is 0.203 e. The normalized spacial score (nSPS) is 17.5. The molecule has 1 saturated heterocycles. The van der Waals surface area contributed by atoms with E-state index in [1.165, 1.54) is 6.07 Å². The van der Waals surface area contributed by atoms with E-state index in [4.69, 9.17) is 14.2 Å². The Hall–Kier alpha value is -2.27. The van der Waals surface area contributed by atoms with Gasteiger partial charge in [-0.1, -0.05) is 12.1 Å². The lowest BCUT2D eigenvalue weighted by Gasteiger charge is -2.25. The number of benzene rings is 2. The fraction of sp³-hybridized carbons (Fsp3) is 0.400. The highest BCUT2D eigenvalue weighted by Gasteiger charge is 2.27. The number of methoxy groups -OCH3 is 3. The predicted octanol–water partition coefficient (Wildman–Crippen LogP) is 4.19. The van der Waals surface area contributed by atoms with Crippen LogP contribution in [0.4, 0.5) is 4.39 Å². The molecule has 0 N–H and O–H groups in total. The van der Waals surface area contributed by atoms with Gasteiger partial charge in [-0.05, 0) is 54.8 Å². The maximum Gasteiger partial charge on any atom is 0.203 e. The van der Waals surface area contributed by atoms with Gasteiger partial charge in [0.25, 0.3) is 0 Å². The zero-order valence-electron chi connectivity index (χ0n) is 14.9. The summed E-state index contributed by atoms with van der Waals surface area (Å²) in [5, 5.41) is 0. The highest BCUT2D eigenvalue weighted by molar-refractivity contribution is 5.53. The van der Waals surface area contributed by atoms with Gasteiger partial charge in [-0.3, -0.25) is 4.90 Å². The van der Waals surface area contributed by atoms with E-state index < -0.39 is 0 Å². The molecule has 1 heterocycles. The minimum atomic E-state index is -0.183. The van der Waals surface area contributed by atoms with Crippen LogP contribution in [-0.4, -0.2) is 32.8 Å². The van der Waals surface area contributed by atoms with Gasteiger partial charge in [0.15, 0.2) is 11.5 Å². The zero-order valence-corrected chi connectivity index (χ0v) is 14.9. The van der Waals surface area contributed by atoms with Crippen LogP contribution in [0.5, 0.6) is 17.2 Å². The van der Waals surface area contributed by atoms with Crippen molar-refractivity contribution in [2.24, 2.45) is 0 Å². The van der Waals surface area contributed by atoms with E-state index in [1.54, 1.807) is 33.5 Å². The fourth-order valence-corrected chi connectivity index (χ4v) is 3.57. The van der Waals surface area contributed by atoms with Crippen LogP contribution in [0, 0.1) is 5.82 Å². The Morgan fingerprint density at radius 2 is 1.76 bits per heavy atom. The van der Waals surface area contributed by atoms with Gasteiger partial charge >= 0.3 is 0 Å². The number of hydrogen-bond acceptors (Lipinski definition) is 4. The summed E-state index contributed by atoms with van der Waals surface area (Å²) in [5.41, 5.74) is 2.11. The van der Waals surface area contributed by atoms with Crippen LogP contribution in [0.15, 0.2) is 36.4 Å². The summed E-state index contributed by atoms with van der Waals surface area (Å²) in [6.45, 7) is 1.73. The van der Waals surface area contributed by atoms with Crippen LogP contribution in [0.1, 0.15) is 30.0 Å². The van der Waals surface area contributed by atoms with Gasteiger partial charge in [0.05, 0.1) is 21.3 Å². The highest BCUT2D eigenvalue weighted by atomic mass is 19.1. The molecule has 0 aromatic heterocycles. The van der Waals surface area contributed by atoms with Gasteiger partial charge in [-0.15, -0.1) is 0 Å². The predicted molar refractivity (Wildman–Crippen MR) is 94.9 cm³/mol. The maximum absolute atomic E-state index is 13.6. The molecule has 0 spiro atoms. The first kappa shape index (κ1) is 17.5. The topological polar surface area (TPSA) is 30.9 Å². The summed E-state index contributed by atoms with van der Waals surface area (Å²) < 4.78 is 29.8. The van der Waals surface area contributed by atoms with Crippen LogP contribution < -0.4 is 14.2 Å². The van der Waals surface area contributed by atoms with Crippen molar-refractivity contribution >= 4 is 0 Å². The lowest BCUT2D eigenvalue weighted by molar-refractivity contribution is 0.246. The second-order valence-electron chi connectivity index (χ2n) is 6.22. The molecule has 1 aliphatic heterocycles. The third-order valence-corrected chi connectivity index (χ3v) is 4.71. The van der Waals surface area contributed by atoms with Crippen molar-refractivity contribution < 1.29 is 18.6 Å². The van der Waals surface area contributed by atoms with E-state index in [1.807, 2.05) is 18.2 Å². The Morgan fingerprint density at radius 3 is 2.36 bits per heavy atom. The second-order valence-corrected chi connectivity index (χ2v) is 6.22. The standard InChI is InChI=1S/C20H24FNO3/c1-23-18-10-14(11-19(24-2)20(18)25-3)13-22-9-5-8-17(22)15-6-4-7-16(21)12-15/h4,6-7,10-12,17H,5,8-9,13H2,1-3H3/t17-/m0/s1. The molecule has 0 amide bonds. The van der Waals surface area contributed by atoms with Crippen molar-refractivity contribution in [1.29, 1.82) is 0 Å². The summed E-state index contributed by atoms with van der Waals surface area (Å²) in [6, 6.07) is 11.1. The number of nitrogens with zero attached hydrogens (tertiary/aromatic N) is 1. The number of rotatable bonds is 6. The monoisotopic (exact) mass is 345 g/mol. The molecular weight excluding hydrogens is 321 g/mol. The number of likely N-dealkylation sites (tertiary alicyclic amines) is 1. The zero-order chi connectivity index (χ0) is 17.8. The lowest BCUT2D eigenvalue weighted by atomic mass is 10.0. The van der Waals surface area contributed by atoms with Gasteiger partial charge in [-0.2, -0.15) is 0 Å². The molecule has 2 aromatic rings. The average molecular weight is 345 g/mol. The van der Waals surface area contributed by atoms with Crippen molar-refractivity contribution in [3.63, 3.8) is 0 Å². The molecule has 0 bridgehead atoms. The van der Waals surface area contributed by atoms with E-state index in [0.717, 1.165) is 37.1 Å². The van der Waals surface area contributed by atoms with Crippen molar-refractivity contribution in [1.82, 2.24) is 4.90 Å². The first-order valence-corrected chi connectivity index (χ1v) is 8.44. The minimum absolute atomic E-state index is 0.183. The summed E-state index contributed by atoms with van der Waals surface area (Å²) in [4.78, 5) is 2.37. The van der Waals surface area contributed by atoms with Crippen LogP contribution in [0.2, 0.25) is 0 Å². The SMILES string of the molecule is COc1cc(CN2CCC[C@H]2c2cccc(F)c2)cc(OC)c1OC. The average Bonchev–Trinajstić information content (AvgIpc) is 3.08. The highest BCUT2D eigenvalue weighted by Crippen LogP contribution is 2.40. The quantitative estimate of drug-likeness (QED) is 0.785. The van der Waals surface area contributed by atoms with Crippen LogP contribution in [0.3, 0.4) is 0 Å². The third kappa shape index (κ3) is 3.71.